The molecular formula is C11H4Cl3F3N2. The predicted octanol–water partition coefficient (Wildman–Crippen LogP) is 5.20. The van der Waals surface area contributed by atoms with E-state index in [9.17, 15) is 13.2 Å². The van der Waals surface area contributed by atoms with Crippen LogP contribution in [-0.2, 0) is 0 Å². The number of pyridine rings is 1. The SMILES string of the molecule is Fc1cc(F)c(F)c(Nc2nc(Cl)c(Cl)cc2Cl)c1. The van der Waals surface area contributed by atoms with Crippen molar-refractivity contribution >= 4 is 46.3 Å². The fourth-order valence-electron chi connectivity index (χ4n) is 1.31. The number of halogens is 6. The van der Waals surface area contributed by atoms with E-state index in [0.29, 0.717) is 6.07 Å². The molecule has 100 valence electrons. The van der Waals surface area contributed by atoms with E-state index in [0.717, 1.165) is 6.07 Å². The molecule has 2 nitrogen and oxygen atoms in total. The highest BCUT2D eigenvalue weighted by Crippen LogP contribution is 2.31. The van der Waals surface area contributed by atoms with Crippen molar-refractivity contribution in [3.8, 4) is 0 Å². The number of hydrogen-bond acceptors (Lipinski definition) is 2. The summed E-state index contributed by atoms with van der Waals surface area (Å²) in [5.41, 5.74) is -0.453. The summed E-state index contributed by atoms with van der Waals surface area (Å²) in [5, 5.41) is 2.40. The molecule has 19 heavy (non-hydrogen) atoms. The smallest absolute Gasteiger partial charge is 0.182 e. The molecule has 0 unspecified atom stereocenters. The van der Waals surface area contributed by atoms with E-state index in [-0.39, 0.29) is 21.0 Å². The predicted molar refractivity (Wildman–Crippen MR) is 68.9 cm³/mol. The number of anilines is 2. The lowest BCUT2D eigenvalue weighted by molar-refractivity contribution is 0.498. The van der Waals surface area contributed by atoms with Crippen LogP contribution in [0.25, 0.3) is 0 Å². The van der Waals surface area contributed by atoms with E-state index in [1.807, 2.05) is 0 Å². The number of nitrogens with one attached hydrogen (secondary N) is 1. The Morgan fingerprint density at radius 3 is 2.32 bits per heavy atom. The third-order valence-electron chi connectivity index (χ3n) is 2.13. The van der Waals surface area contributed by atoms with Crippen LogP contribution in [0.1, 0.15) is 0 Å². The number of aromatic nitrogens is 1. The lowest BCUT2D eigenvalue weighted by Crippen LogP contribution is -2.00. The van der Waals surface area contributed by atoms with Crippen molar-refractivity contribution in [2.75, 3.05) is 5.32 Å². The lowest BCUT2D eigenvalue weighted by Gasteiger charge is -2.10. The van der Waals surface area contributed by atoms with E-state index in [4.69, 9.17) is 34.8 Å². The van der Waals surface area contributed by atoms with Crippen molar-refractivity contribution in [1.29, 1.82) is 0 Å². The van der Waals surface area contributed by atoms with Gasteiger partial charge in [0.2, 0.25) is 0 Å². The van der Waals surface area contributed by atoms with Crippen molar-refractivity contribution in [2.45, 2.75) is 0 Å². The number of benzene rings is 1. The first-order valence-corrected chi connectivity index (χ1v) is 5.95. The third-order valence-corrected chi connectivity index (χ3v) is 3.09. The molecule has 1 aromatic carbocycles. The van der Waals surface area contributed by atoms with Crippen molar-refractivity contribution in [2.24, 2.45) is 0 Å². The Hall–Kier alpha value is -1.17. The van der Waals surface area contributed by atoms with Crippen LogP contribution in [0, 0.1) is 17.5 Å². The van der Waals surface area contributed by atoms with Gasteiger partial charge in [0.15, 0.2) is 17.5 Å². The Bertz CT molecular complexity index is 650. The highest BCUT2D eigenvalue weighted by Gasteiger charge is 2.14. The number of rotatable bonds is 2. The van der Waals surface area contributed by atoms with Crippen LogP contribution >= 0.6 is 34.8 Å². The minimum absolute atomic E-state index is 0.0264. The first kappa shape index (κ1) is 14.2. The van der Waals surface area contributed by atoms with Gasteiger partial charge >= 0.3 is 0 Å². The van der Waals surface area contributed by atoms with Crippen molar-refractivity contribution in [3.63, 3.8) is 0 Å². The van der Waals surface area contributed by atoms with Crippen molar-refractivity contribution in [1.82, 2.24) is 4.98 Å². The zero-order valence-corrected chi connectivity index (χ0v) is 11.2. The maximum atomic E-state index is 13.4. The van der Waals surface area contributed by atoms with Gasteiger partial charge in [-0.15, -0.1) is 0 Å². The van der Waals surface area contributed by atoms with Gasteiger partial charge in [-0.1, -0.05) is 34.8 Å². The molecule has 2 aromatic rings. The van der Waals surface area contributed by atoms with Gasteiger partial charge in [-0.2, -0.15) is 0 Å². The molecule has 0 aliphatic heterocycles. The van der Waals surface area contributed by atoms with Crippen molar-refractivity contribution in [3.05, 3.63) is 50.8 Å². The average Bonchev–Trinajstić information content (AvgIpc) is 2.32. The molecule has 0 spiro atoms. The second-order valence-corrected chi connectivity index (χ2v) is 4.64. The second-order valence-electron chi connectivity index (χ2n) is 3.47. The average molecular weight is 328 g/mol. The Morgan fingerprint density at radius 2 is 1.63 bits per heavy atom. The summed E-state index contributed by atoms with van der Waals surface area (Å²) < 4.78 is 39.5. The highest BCUT2D eigenvalue weighted by atomic mass is 35.5. The normalized spacial score (nSPS) is 10.6. The Kier molecular flexibility index (Phi) is 4.08. The van der Waals surface area contributed by atoms with Gasteiger partial charge in [0.1, 0.15) is 11.0 Å². The lowest BCUT2D eigenvalue weighted by atomic mass is 10.2. The van der Waals surface area contributed by atoms with Crippen LogP contribution in [-0.4, -0.2) is 4.98 Å². The van der Waals surface area contributed by atoms with Crippen LogP contribution in [0.3, 0.4) is 0 Å². The Balaban J connectivity index is 2.44. The van der Waals surface area contributed by atoms with Crippen LogP contribution in [0.2, 0.25) is 15.2 Å². The Labute approximate surface area is 121 Å². The summed E-state index contributed by atoms with van der Waals surface area (Å²) in [6.45, 7) is 0. The third kappa shape index (κ3) is 3.05. The number of hydrogen-bond donors (Lipinski definition) is 1. The van der Waals surface area contributed by atoms with Crippen LogP contribution in [0.4, 0.5) is 24.7 Å². The Morgan fingerprint density at radius 1 is 0.947 bits per heavy atom. The first-order chi connectivity index (χ1) is 8.88. The van der Waals surface area contributed by atoms with Gasteiger partial charge in [0, 0.05) is 12.1 Å². The summed E-state index contributed by atoms with van der Waals surface area (Å²) in [4.78, 5) is 3.75. The molecule has 1 heterocycles. The zero-order valence-electron chi connectivity index (χ0n) is 8.95. The molecule has 0 amide bonds. The molecule has 2 rings (SSSR count). The molecule has 0 saturated carbocycles. The van der Waals surface area contributed by atoms with Gasteiger partial charge < -0.3 is 5.32 Å². The maximum absolute atomic E-state index is 13.4. The molecule has 0 radical (unpaired) electrons. The van der Waals surface area contributed by atoms with Gasteiger partial charge in [0.05, 0.1) is 15.7 Å². The first-order valence-electron chi connectivity index (χ1n) is 4.81. The van der Waals surface area contributed by atoms with E-state index in [1.54, 1.807) is 0 Å². The highest BCUT2D eigenvalue weighted by molar-refractivity contribution is 6.43. The molecule has 0 saturated heterocycles. The monoisotopic (exact) mass is 326 g/mol. The van der Waals surface area contributed by atoms with Gasteiger partial charge in [0.25, 0.3) is 0 Å². The molecular weight excluding hydrogens is 323 g/mol. The number of nitrogens with zero attached hydrogens (tertiary/aromatic N) is 1. The molecule has 1 N–H and O–H groups in total. The topological polar surface area (TPSA) is 24.9 Å². The zero-order chi connectivity index (χ0) is 14.2. The standard InChI is InChI=1S/C11H4Cl3F3N2/c12-5-3-6(13)11(19-10(5)14)18-8-2-4(15)1-7(16)9(8)17/h1-3H,(H,18,19). The van der Waals surface area contributed by atoms with Gasteiger partial charge in [-0.05, 0) is 6.07 Å². The largest absolute Gasteiger partial charge is 0.336 e. The summed E-state index contributed by atoms with van der Waals surface area (Å²) in [5.74, 6) is -3.61. The van der Waals surface area contributed by atoms with Gasteiger partial charge in [-0.25, -0.2) is 18.2 Å². The second kappa shape index (κ2) is 5.45. The molecule has 0 atom stereocenters. The summed E-state index contributed by atoms with van der Waals surface area (Å²) in [6.07, 6.45) is 0. The van der Waals surface area contributed by atoms with Gasteiger partial charge in [-0.3, -0.25) is 0 Å². The molecule has 0 fully saturated rings. The van der Waals surface area contributed by atoms with E-state index < -0.39 is 23.1 Å². The fourth-order valence-corrected chi connectivity index (χ4v) is 1.85. The molecule has 0 aliphatic carbocycles. The fraction of sp³-hybridized carbons (Fsp3) is 0. The molecule has 1 aromatic heterocycles. The van der Waals surface area contributed by atoms with Crippen LogP contribution in [0.5, 0.6) is 0 Å². The summed E-state index contributed by atoms with van der Waals surface area (Å²) in [6, 6.07) is 2.46. The summed E-state index contributed by atoms with van der Waals surface area (Å²) in [7, 11) is 0. The minimum atomic E-state index is -1.33. The van der Waals surface area contributed by atoms with E-state index >= 15 is 0 Å². The van der Waals surface area contributed by atoms with E-state index in [1.165, 1.54) is 6.07 Å². The quantitative estimate of drug-likeness (QED) is 0.605. The summed E-state index contributed by atoms with van der Waals surface area (Å²) >= 11 is 17.1. The van der Waals surface area contributed by atoms with Crippen LogP contribution < -0.4 is 5.32 Å². The molecule has 8 heteroatoms. The minimum Gasteiger partial charge on any atom is -0.336 e. The van der Waals surface area contributed by atoms with Crippen LogP contribution in [0.15, 0.2) is 18.2 Å². The van der Waals surface area contributed by atoms with Crippen molar-refractivity contribution < 1.29 is 13.2 Å². The maximum Gasteiger partial charge on any atom is 0.182 e. The molecule has 0 bridgehead atoms. The molecule has 0 aliphatic rings. The van der Waals surface area contributed by atoms with E-state index in [2.05, 4.69) is 10.3 Å².